The van der Waals surface area contributed by atoms with Crippen LogP contribution < -0.4 is 11.3 Å². The van der Waals surface area contributed by atoms with E-state index in [4.69, 9.17) is 17.5 Å². The van der Waals surface area contributed by atoms with Crippen molar-refractivity contribution in [1.29, 1.82) is 0 Å². The number of rotatable bonds is 1. The highest BCUT2D eigenvalue weighted by atomic mass is 35.5. The van der Waals surface area contributed by atoms with E-state index in [2.05, 4.69) is 10.3 Å². The van der Waals surface area contributed by atoms with Gasteiger partial charge in [0.05, 0.1) is 0 Å². The van der Waals surface area contributed by atoms with Gasteiger partial charge in [-0.25, -0.2) is 11.3 Å². The van der Waals surface area contributed by atoms with Crippen molar-refractivity contribution in [3.63, 3.8) is 0 Å². The average molecular weight is 237 g/mol. The molecule has 1 saturated carbocycles. The van der Waals surface area contributed by atoms with Crippen molar-refractivity contribution in [3.8, 4) is 0 Å². The van der Waals surface area contributed by atoms with Crippen LogP contribution >= 0.6 is 11.6 Å². The molecular weight excluding hydrogens is 224 g/mol. The Kier molecular flexibility index (Phi) is 3.43. The Morgan fingerprint density at radius 3 is 2.73 bits per heavy atom. The molecule has 3 N–H and O–H groups in total. The molecule has 4 atom stereocenters. The number of nitrogens with one attached hydrogen (secondary N) is 1. The van der Waals surface area contributed by atoms with E-state index < -0.39 is 18.4 Å². The summed E-state index contributed by atoms with van der Waals surface area (Å²) in [5.74, 6) is 4.91. The molecule has 0 aromatic heterocycles. The van der Waals surface area contributed by atoms with Crippen molar-refractivity contribution in [3.05, 3.63) is 10.4 Å². The lowest BCUT2D eigenvalue weighted by Crippen LogP contribution is -2.69. The van der Waals surface area contributed by atoms with Crippen molar-refractivity contribution < 1.29 is 4.84 Å². The Labute approximate surface area is 92.2 Å². The van der Waals surface area contributed by atoms with E-state index in [0.29, 0.717) is 23.1 Å². The Hall–Kier alpha value is 0.01000. The van der Waals surface area contributed by atoms with Crippen LogP contribution in [0.5, 0.6) is 0 Å². The fourth-order valence-electron chi connectivity index (χ4n) is 2.16. The molecule has 8 heteroatoms. The fraction of sp³-hybridized carbons (Fsp3) is 1.00. The number of hydroxylamine groups is 3. The van der Waals surface area contributed by atoms with Crippen LogP contribution in [-0.4, -0.2) is 34.0 Å². The number of alkyl halides is 1. The number of hydrogen-bond acceptors (Lipinski definition) is 7. The maximum atomic E-state index is 11.7. The highest BCUT2D eigenvalue weighted by Crippen LogP contribution is 2.32. The SMILES string of the molecule is NOC1NN([O-])C2CC(Cl)CCC2N1[O-]. The van der Waals surface area contributed by atoms with Crippen LogP contribution in [0, 0.1) is 10.4 Å². The standard InChI is InChI=1S/C7H13ClN4O3/c8-4-1-2-5-6(3-4)12(14)10-7(15-9)11(5)13/h4-7,10H,1-3,9H2/q-2. The minimum absolute atomic E-state index is 0.0479. The third-order valence-electron chi connectivity index (χ3n) is 2.94. The second-order valence-electron chi connectivity index (χ2n) is 3.85. The van der Waals surface area contributed by atoms with E-state index in [0.717, 1.165) is 6.42 Å². The first-order valence-electron chi connectivity index (χ1n) is 4.81. The molecule has 0 amide bonds. The highest BCUT2D eigenvalue weighted by molar-refractivity contribution is 6.20. The van der Waals surface area contributed by atoms with Crippen LogP contribution in [0.1, 0.15) is 19.3 Å². The molecule has 1 aliphatic heterocycles. The zero-order valence-corrected chi connectivity index (χ0v) is 8.76. The summed E-state index contributed by atoms with van der Waals surface area (Å²) in [7, 11) is 0. The van der Waals surface area contributed by atoms with Gasteiger partial charge in [0.25, 0.3) is 0 Å². The summed E-state index contributed by atoms with van der Waals surface area (Å²) >= 11 is 5.95. The summed E-state index contributed by atoms with van der Waals surface area (Å²) in [6.45, 7) is 0. The predicted molar refractivity (Wildman–Crippen MR) is 53.7 cm³/mol. The molecule has 15 heavy (non-hydrogen) atoms. The molecule has 0 aromatic rings. The first kappa shape index (κ1) is 11.5. The van der Waals surface area contributed by atoms with Crippen LogP contribution in [0.15, 0.2) is 0 Å². The molecule has 2 aliphatic rings. The second kappa shape index (κ2) is 4.48. The van der Waals surface area contributed by atoms with Crippen LogP contribution in [0.25, 0.3) is 0 Å². The third-order valence-corrected chi connectivity index (χ3v) is 3.34. The number of fused-ring (bicyclic) bond motifs is 1. The van der Waals surface area contributed by atoms with Gasteiger partial charge in [-0.05, 0) is 19.3 Å². The van der Waals surface area contributed by atoms with Gasteiger partial charge < -0.3 is 20.6 Å². The van der Waals surface area contributed by atoms with E-state index in [9.17, 15) is 10.4 Å². The summed E-state index contributed by atoms with van der Waals surface area (Å²) in [5, 5.41) is 24.5. The topological polar surface area (TPSA) is 99.9 Å². The zero-order chi connectivity index (χ0) is 11.0. The van der Waals surface area contributed by atoms with E-state index >= 15 is 0 Å². The second-order valence-corrected chi connectivity index (χ2v) is 4.47. The smallest absolute Gasteiger partial charge is 0.186 e. The summed E-state index contributed by atoms with van der Waals surface area (Å²) in [6, 6.07) is -0.822. The Morgan fingerprint density at radius 2 is 2.07 bits per heavy atom. The monoisotopic (exact) mass is 236 g/mol. The Balaban J connectivity index is 2.09. The van der Waals surface area contributed by atoms with Gasteiger partial charge >= 0.3 is 0 Å². The zero-order valence-electron chi connectivity index (χ0n) is 8.01. The van der Waals surface area contributed by atoms with Gasteiger partial charge in [0.2, 0.25) is 0 Å². The maximum absolute atomic E-state index is 11.7. The molecule has 2 rings (SSSR count). The third kappa shape index (κ3) is 2.10. The van der Waals surface area contributed by atoms with Gasteiger partial charge in [-0.2, -0.15) is 0 Å². The minimum atomic E-state index is -1.10. The molecule has 0 radical (unpaired) electrons. The van der Waals surface area contributed by atoms with E-state index in [-0.39, 0.29) is 5.38 Å². The lowest BCUT2D eigenvalue weighted by Gasteiger charge is -2.59. The Bertz CT molecular complexity index is 234. The average Bonchev–Trinajstić information content (AvgIpc) is 2.23. The summed E-state index contributed by atoms with van der Waals surface area (Å²) in [6.07, 6.45) is 0.712. The number of hydrogen-bond donors (Lipinski definition) is 2. The van der Waals surface area contributed by atoms with E-state index in [1.54, 1.807) is 0 Å². The molecule has 0 spiro atoms. The fourth-order valence-corrected chi connectivity index (χ4v) is 2.46. The molecule has 2 fully saturated rings. The molecule has 1 heterocycles. The van der Waals surface area contributed by atoms with Gasteiger partial charge in [-0.3, -0.25) is 4.84 Å². The molecule has 0 bridgehead atoms. The van der Waals surface area contributed by atoms with Gasteiger partial charge in [-0.15, -0.1) is 11.6 Å². The number of hydrazine groups is 1. The quantitative estimate of drug-likeness (QED) is 0.481. The van der Waals surface area contributed by atoms with Gasteiger partial charge in [0.1, 0.15) is 0 Å². The number of nitrogens with zero attached hydrogens (tertiary/aromatic N) is 2. The molecule has 7 nitrogen and oxygen atoms in total. The first-order valence-corrected chi connectivity index (χ1v) is 5.24. The Morgan fingerprint density at radius 1 is 1.33 bits per heavy atom. The largest absolute Gasteiger partial charge is 0.782 e. The van der Waals surface area contributed by atoms with Crippen LogP contribution in [-0.2, 0) is 4.84 Å². The van der Waals surface area contributed by atoms with E-state index in [1.807, 2.05) is 0 Å². The lowest BCUT2D eigenvalue weighted by atomic mass is 9.89. The molecule has 1 aliphatic carbocycles. The molecular formula is C7H13ClN4O3-2. The summed E-state index contributed by atoms with van der Waals surface area (Å²) in [4.78, 5) is 4.38. The van der Waals surface area contributed by atoms with Crippen LogP contribution in [0.3, 0.4) is 0 Å². The summed E-state index contributed by atoms with van der Waals surface area (Å²) < 4.78 is 0. The van der Waals surface area contributed by atoms with Crippen molar-refractivity contribution >= 4 is 11.6 Å². The lowest BCUT2D eigenvalue weighted by molar-refractivity contribution is -0.166. The number of halogens is 1. The van der Waals surface area contributed by atoms with Crippen molar-refractivity contribution in [2.75, 3.05) is 0 Å². The maximum Gasteiger partial charge on any atom is 0.186 e. The summed E-state index contributed by atoms with van der Waals surface area (Å²) in [5.41, 5.74) is 2.32. The number of nitrogens with two attached hydrogens (primary N) is 1. The minimum Gasteiger partial charge on any atom is -0.782 e. The molecule has 0 aromatic carbocycles. The van der Waals surface area contributed by atoms with Gasteiger partial charge in [-0.1, -0.05) is 0 Å². The molecule has 4 unspecified atom stereocenters. The van der Waals surface area contributed by atoms with Gasteiger partial charge in [0, 0.05) is 17.5 Å². The van der Waals surface area contributed by atoms with Crippen molar-refractivity contribution in [2.45, 2.75) is 43.1 Å². The highest BCUT2D eigenvalue weighted by Gasteiger charge is 2.37. The van der Waals surface area contributed by atoms with Gasteiger partial charge in [0.15, 0.2) is 6.35 Å². The molecule has 88 valence electrons. The van der Waals surface area contributed by atoms with E-state index in [1.165, 1.54) is 0 Å². The normalized spacial score (nSPS) is 44.0. The van der Waals surface area contributed by atoms with Crippen LogP contribution in [0.4, 0.5) is 0 Å². The van der Waals surface area contributed by atoms with Crippen molar-refractivity contribution in [1.82, 2.24) is 15.7 Å². The predicted octanol–water partition coefficient (Wildman–Crippen LogP) is -0.193. The first-order chi connectivity index (χ1) is 7.13. The van der Waals surface area contributed by atoms with Crippen molar-refractivity contribution in [2.24, 2.45) is 5.90 Å². The molecule has 1 saturated heterocycles. The van der Waals surface area contributed by atoms with Crippen LogP contribution in [0.2, 0.25) is 0 Å².